The Labute approximate surface area is 126 Å². The third-order valence-corrected chi connectivity index (χ3v) is 4.20. The summed E-state index contributed by atoms with van der Waals surface area (Å²) in [6.07, 6.45) is 6.22. The molecule has 1 saturated heterocycles. The van der Waals surface area contributed by atoms with E-state index in [9.17, 15) is 4.79 Å². The molecule has 1 amide bonds. The number of alkyl halides is 1. The molecule has 2 unspecified atom stereocenters. The molecule has 0 spiro atoms. The van der Waals surface area contributed by atoms with Gasteiger partial charge in [-0.25, -0.2) is 0 Å². The molecule has 0 aromatic carbocycles. The molecule has 0 aromatic heterocycles. The summed E-state index contributed by atoms with van der Waals surface area (Å²) in [4.78, 5) is 12.0. The highest BCUT2D eigenvalue weighted by atomic mass is 79.9. The van der Waals surface area contributed by atoms with Gasteiger partial charge in [-0.3, -0.25) is 4.79 Å². The van der Waals surface area contributed by atoms with Crippen LogP contribution in [0, 0.1) is 5.41 Å². The van der Waals surface area contributed by atoms with Crippen LogP contribution in [0.3, 0.4) is 0 Å². The average molecular weight is 334 g/mol. The molecule has 1 aliphatic heterocycles. The fourth-order valence-electron chi connectivity index (χ4n) is 2.42. The minimum atomic E-state index is 0.102. The van der Waals surface area contributed by atoms with Crippen LogP contribution in [0.4, 0.5) is 0 Å². The minimum absolute atomic E-state index is 0.102. The Morgan fingerprint density at radius 1 is 1.42 bits per heavy atom. The van der Waals surface area contributed by atoms with Crippen LogP contribution in [0.1, 0.15) is 59.3 Å². The minimum Gasteiger partial charge on any atom is -0.378 e. The molecule has 1 rings (SSSR count). The van der Waals surface area contributed by atoms with E-state index in [1.807, 2.05) is 0 Å². The highest BCUT2D eigenvalue weighted by Gasteiger charge is 2.25. The van der Waals surface area contributed by atoms with E-state index in [2.05, 4.69) is 42.0 Å². The average Bonchev–Trinajstić information content (AvgIpc) is 2.36. The van der Waals surface area contributed by atoms with Crippen molar-refractivity contribution in [3.8, 4) is 0 Å². The standard InChI is InChI=1S/C15H28BrNO2/c1-15(2,3)13(9-10-16)17-14(18)8-7-12-6-4-5-11-19-12/h12-13H,4-11H2,1-3H3,(H,17,18). The fraction of sp³-hybridized carbons (Fsp3) is 0.933. The van der Waals surface area contributed by atoms with E-state index in [-0.39, 0.29) is 17.4 Å². The van der Waals surface area contributed by atoms with Gasteiger partial charge in [0.1, 0.15) is 0 Å². The van der Waals surface area contributed by atoms with E-state index in [0.29, 0.717) is 12.5 Å². The number of amides is 1. The van der Waals surface area contributed by atoms with E-state index in [4.69, 9.17) is 4.74 Å². The summed E-state index contributed by atoms with van der Waals surface area (Å²) < 4.78 is 5.66. The van der Waals surface area contributed by atoms with Crippen LogP contribution in [-0.2, 0) is 9.53 Å². The zero-order chi connectivity index (χ0) is 14.3. The molecule has 1 heterocycles. The zero-order valence-corrected chi connectivity index (χ0v) is 14.1. The molecule has 0 saturated carbocycles. The number of carbonyl (C=O) groups is 1. The maximum absolute atomic E-state index is 12.0. The van der Waals surface area contributed by atoms with Crippen molar-refractivity contribution in [1.82, 2.24) is 5.32 Å². The van der Waals surface area contributed by atoms with Crippen molar-refractivity contribution in [2.24, 2.45) is 5.41 Å². The van der Waals surface area contributed by atoms with E-state index in [1.165, 1.54) is 12.8 Å². The Morgan fingerprint density at radius 3 is 2.68 bits per heavy atom. The molecule has 0 aromatic rings. The second kappa shape index (κ2) is 8.25. The number of rotatable bonds is 6. The number of ether oxygens (including phenoxy) is 1. The van der Waals surface area contributed by atoms with E-state index in [0.717, 1.165) is 31.2 Å². The van der Waals surface area contributed by atoms with Crippen molar-refractivity contribution < 1.29 is 9.53 Å². The number of nitrogens with one attached hydrogen (secondary N) is 1. The summed E-state index contributed by atoms with van der Waals surface area (Å²) in [5, 5.41) is 4.09. The van der Waals surface area contributed by atoms with Gasteiger partial charge in [0, 0.05) is 24.4 Å². The molecular formula is C15H28BrNO2. The van der Waals surface area contributed by atoms with Gasteiger partial charge in [0.25, 0.3) is 0 Å². The van der Waals surface area contributed by atoms with Crippen LogP contribution in [0.5, 0.6) is 0 Å². The Bertz CT molecular complexity index is 270. The van der Waals surface area contributed by atoms with Gasteiger partial charge in [0.05, 0.1) is 6.10 Å². The van der Waals surface area contributed by atoms with Gasteiger partial charge in [-0.1, -0.05) is 36.7 Å². The molecule has 1 fully saturated rings. The first-order valence-electron chi connectivity index (χ1n) is 7.40. The van der Waals surface area contributed by atoms with Crippen LogP contribution in [0.15, 0.2) is 0 Å². The SMILES string of the molecule is CC(C)(C)C(CCBr)NC(=O)CCC1CCCCO1. The van der Waals surface area contributed by atoms with Gasteiger partial charge in [0.2, 0.25) is 5.91 Å². The largest absolute Gasteiger partial charge is 0.378 e. The lowest BCUT2D eigenvalue weighted by Gasteiger charge is -2.31. The van der Waals surface area contributed by atoms with Gasteiger partial charge >= 0.3 is 0 Å². The van der Waals surface area contributed by atoms with E-state index < -0.39 is 0 Å². The molecule has 1 aliphatic rings. The molecule has 2 atom stereocenters. The van der Waals surface area contributed by atoms with Crippen molar-refractivity contribution in [3.05, 3.63) is 0 Å². The van der Waals surface area contributed by atoms with Gasteiger partial charge in [-0.15, -0.1) is 0 Å². The fourth-order valence-corrected chi connectivity index (χ4v) is 2.88. The maximum Gasteiger partial charge on any atom is 0.220 e. The third-order valence-electron chi connectivity index (χ3n) is 3.75. The van der Waals surface area contributed by atoms with Crippen molar-refractivity contribution in [2.75, 3.05) is 11.9 Å². The topological polar surface area (TPSA) is 38.3 Å². The first-order valence-corrected chi connectivity index (χ1v) is 8.52. The number of halogens is 1. The lowest BCUT2D eigenvalue weighted by Crippen LogP contribution is -2.44. The van der Waals surface area contributed by atoms with E-state index >= 15 is 0 Å². The number of hydrogen-bond donors (Lipinski definition) is 1. The quantitative estimate of drug-likeness (QED) is 0.753. The van der Waals surface area contributed by atoms with Gasteiger partial charge in [-0.2, -0.15) is 0 Å². The lowest BCUT2D eigenvalue weighted by molar-refractivity contribution is -0.123. The molecule has 4 heteroatoms. The number of carbonyl (C=O) groups excluding carboxylic acids is 1. The molecule has 1 N–H and O–H groups in total. The predicted molar refractivity (Wildman–Crippen MR) is 82.6 cm³/mol. The van der Waals surface area contributed by atoms with Gasteiger partial charge < -0.3 is 10.1 Å². The summed E-state index contributed by atoms with van der Waals surface area (Å²) in [6.45, 7) is 7.38. The summed E-state index contributed by atoms with van der Waals surface area (Å²) in [5.41, 5.74) is 0.102. The Balaban J connectivity index is 2.31. The van der Waals surface area contributed by atoms with E-state index in [1.54, 1.807) is 0 Å². The molecule has 0 bridgehead atoms. The highest BCUT2D eigenvalue weighted by Crippen LogP contribution is 2.23. The van der Waals surface area contributed by atoms with Crippen molar-refractivity contribution in [2.45, 2.75) is 71.4 Å². The molecular weight excluding hydrogens is 306 g/mol. The van der Waals surface area contributed by atoms with Crippen LogP contribution in [0.25, 0.3) is 0 Å². The van der Waals surface area contributed by atoms with Crippen LogP contribution in [-0.4, -0.2) is 30.0 Å². The Hall–Kier alpha value is -0.0900. The van der Waals surface area contributed by atoms with Gasteiger partial charge in [-0.05, 0) is 37.5 Å². The lowest BCUT2D eigenvalue weighted by atomic mass is 9.85. The first kappa shape index (κ1) is 17.0. The van der Waals surface area contributed by atoms with Crippen molar-refractivity contribution >= 4 is 21.8 Å². The molecule has 0 aliphatic carbocycles. The Kier molecular flexibility index (Phi) is 7.37. The molecule has 3 nitrogen and oxygen atoms in total. The first-order chi connectivity index (χ1) is 8.93. The second-order valence-corrected chi connectivity index (χ2v) is 7.28. The predicted octanol–water partition coefficient (Wildman–Crippen LogP) is 3.65. The van der Waals surface area contributed by atoms with Crippen LogP contribution in [0.2, 0.25) is 0 Å². The monoisotopic (exact) mass is 333 g/mol. The van der Waals surface area contributed by atoms with Crippen molar-refractivity contribution in [1.29, 1.82) is 0 Å². The summed E-state index contributed by atoms with van der Waals surface area (Å²) in [5.74, 6) is 0.162. The Morgan fingerprint density at radius 2 is 2.16 bits per heavy atom. The normalized spacial score (nSPS) is 22.0. The third kappa shape index (κ3) is 6.75. The van der Waals surface area contributed by atoms with Gasteiger partial charge in [0.15, 0.2) is 0 Å². The molecule has 19 heavy (non-hydrogen) atoms. The summed E-state index contributed by atoms with van der Waals surface area (Å²) in [7, 11) is 0. The maximum atomic E-state index is 12.0. The highest BCUT2D eigenvalue weighted by molar-refractivity contribution is 9.09. The zero-order valence-electron chi connectivity index (χ0n) is 12.5. The van der Waals surface area contributed by atoms with Crippen molar-refractivity contribution in [3.63, 3.8) is 0 Å². The molecule has 0 radical (unpaired) electrons. The second-order valence-electron chi connectivity index (χ2n) is 6.49. The van der Waals surface area contributed by atoms with Crippen LogP contribution < -0.4 is 5.32 Å². The summed E-state index contributed by atoms with van der Waals surface area (Å²) >= 11 is 3.46. The smallest absolute Gasteiger partial charge is 0.220 e. The number of hydrogen-bond acceptors (Lipinski definition) is 2. The van der Waals surface area contributed by atoms with Crippen LogP contribution >= 0.6 is 15.9 Å². The molecule has 112 valence electrons. The summed E-state index contributed by atoms with van der Waals surface area (Å²) in [6, 6.07) is 0.228.